The summed E-state index contributed by atoms with van der Waals surface area (Å²) in [5.74, 6) is 1.08. The van der Waals surface area contributed by atoms with Gasteiger partial charge in [-0.15, -0.1) is 0 Å². The summed E-state index contributed by atoms with van der Waals surface area (Å²) in [6.07, 6.45) is 7.45. The van der Waals surface area contributed by atoms with Crippen LogP contribution in [0.3, 0.4) is 0 Å². The van der Waals surface area contributed by atoms with Gasteiger partial charge in [0.05, 0.1) is 18.2 Å². The summed E-state index contributed by atoms with van der Waals surface area (Å²) >= 11 is 0. The standard InChI is InChI=1S/C16H29NO3/c1-3-10-17-15(14-7-5-6-11-19-14)16(20-4-2)8-12-18-13-9-16/h7,15,17H,3-6,8-13H2,1-2H3. The van der Waals surface area contributed by atoms with E-state index in [4.69, 9.17) is 14.2 Å². The quantitative estimate of drug-likeness (QED) is 0.779. The number of allylic oxidation sites excluding steroid dienone is 1. The van der Waals surface area contributed by atoms with Crippen LogP contribution < -0.4 is 5.32 Å². The van der Waals surface area contributed by atoms with E-state index in [1.165, 1.54) is 0 Å². The maximum absolute atomic E-state index is 6.22. The van der Waals surface area contributed by atoms with Crippen LogP contribution in [-0.2, 0) is 14.2 Å². The molecule has 0 bridgehead atoms. The van der Waals surface area contributed by atoms with Crippen molar-refractivity contribution in [2.45, 2.75) is 57.6 Å². The third kappa shape index (κ3) is 3.74. The summed E-state index contributed by atoms with van der Waals surface area (Å²) in [6.45, 7) is 8.37. The highest BCUT2D eigenvalue weighted by Gasteiger charge is 2.43. The Morgan fingerprint density at radius 1 is 1.30 bits per heavy atom. The molecule has 0 aromatic heterocycles. The molecule has 0 aliphatic carbocycles. The summed E-state index contributed by atoms with van der Waals surface area (Å²) in [5, 5.41) is 3.66. The number of rotatable bonds is 7. The second-order valence-corrected chi connectivity index (χ2v) is 5.59. The second-order valence-electron chi connectivity index (χ2n) is 5.59. The number of hydrogen-bond acceptors (Lipinski definition) is 4. The Morgan fingerprint density at radius 2 is 2.10 bits per heavy atom. The van der Waals surface area contributed by atoms with E-state index >= 15 is 0 Å². The van der Waals surface area contributed by atoms with Crippen molar-refractivity contribution < 1.29 is 14.2 Å². The van der Waals surface area contributed by atoms with Crippen molar-refractivity contribution in [3.8, 4) is 0 Å². The minimum atomic E-state index is -0.175. The first-order valence-electron chi connectivity index (χ1n) is 8.10. The third-order valence-electron chi connectivity index (χ3n) is 4.14. The molecule has 1 unspecified atom stereocenters. The molecule has 0 spiro atoms. The summed E-state index contributed by atoms with van der Waals surface area (Å²) in [7, 11) is 0. The molecule has 2 heterocycles. The van der Waals surface area contributed by atoms with Crippen molar-refractivity contribution in [3.05, 3.63) is 11.8 Å². The van der Waals surface area contributed by atoms with Crippen molar-refractivity contribution in [3.63, 3.8) is 0 Å². The van der Waals surface area contributed by atoms with Gasteiger partial charge in [0.2, 0.25) is 0 Å². The van der Waals surface area contributed by atoms with Gasteiger partial charge in [-0.1, -0.05) is 6.92 Å². The van der Waals surface area contributed by atoms with Crippen LogP contribution in [0.25, 0.3) is 0 Å². The van der Waals surface area contributed by atoms with Crippen molar-refractivity contribution in [1.29, 1.82) is 0 Å². The highest BCUT2D eigenvalue weighted by molar-refractivity contribution is 5.14. The van der Waals surface area contributed by atoms with Crippen molar-refractivity contribution in [2.24, 2.45) is 0 Å². The zero-order valence-corrected chi connectivity index (χ0v) is 13.0. The lowest BCUT2D eigenvalue weighted by molar-refractivity contribution is -0.127. The average Bonchev–Trinajstić information content (AvgIpc) is 2.50. The largest absolute Gasteiger partial charge is 0.496 e. The molecule has 1 fully saturated rings. The van der Waals surface area contributed by atoms with Gasteiger partial charge in [0.15, 0.2) is 0 Å². The lowest BCUT2D eigenvalue weighted by Gasteiger charge is -2.44. The Hall–Kier alpha value is -0.580. The molecule has 116 valence electrons. The third-order valence-corrected chi connectivity index (χ3v) is 4.14. The molecule has 2 aliphatic heterocycles. The van der Waals surface area contributed by atoms with Gasteiger partial charge in [0.1, 0.15) is 5.76 Å². The highest BCUT2D eigenvalue weighted by Crippen LogP contribution is 2.34. The molecule has 0 amide bonds. The number of hydrogen-bond donors (Lipinski definition) is 1. The first kappa shape index (κ1) is 15.8. The molecule has 4 nitrogen and oxygen atoms in total. The maximum atomic E-state index is 6.22. The molecule has 1 saturated heterocycles. The van der Waals surface area contributed by atoms with Crippen LogP contribution in [0.4, 0.5) is 0 Å². The van der Waals surface area contributed by atoms with Crippen LogP contribution in [0, 0.1) is 0 Å². The molecular formula is C16H29NO3. The van der Waals surface area contributed by atoms with Gasteiger partial charge in [-0.05, 0) is 38.8 Å². The van der Waals surface area contributed by atoms with E-state index in [-0.39, 0.29) is 11.6 Å². The summed E-state index contributed by atoms with van der Waals surface area (Å²) < 4.78 is 17.7. The van der Waals surface area contributed by atoms with Gasteiger partial charge in [-0.25, -0.2) is 0 Å². The van der Waals surface area contributed by atoms with E-state index in [9.17, 15) is 0 Å². The summed E-state index contributed by atoms with van der Waals surface area (Å²) in [4.78, 5) is 0. The first-order valence-corrected chi connectivity index (χ1v) is 8.10. The average molecular weight is 283 g/mol. The molecule has 0 aromatic rings. The van der Waals surface area contributed by atoms with E-state index in [0.717, 1.165) is 70.8 Å². The van der Waals surface area contributed by atoms with E-state index in [2.05, 4.69) is 25.2 Å². The monoisotopic (exact) mass is 283 g/mol. The summed E-state index contributed by atoms with van der Waals surface area (Å²) in [6, 6.07) is 0.159. The Kier molecular flexibility index (Phi) is 6.33. The fourth-order valence-corrected chi connectivity index (χ4v) is 3.13. The second kappa shape index (κ2) is 8.01. The van der Waals surface area contributed by atoms with Crippen molar-refractivity contribution in [1.82, 2.24) is 5.32 Å². The van der Waals surface area contributed by atoms with E-state index in [1.807, 2.05) is 0 Å². The van der Waals surface area contributed by atoms with Crippen LogP contribution in [-0.4, -0.2) is 44.6 Å². The SMILES string of the molecule is CCCNC(C1=CCCCO1)C1(OCC)CCOCC1. The number of ether oxygens (including phenoxy) is 3. The molecule has 20 heavy (non-hydrogen) atoms. The molecule has 0 radical (unpaired) electrons. The van der Waals surface area contributed by atoms with Crippen LogP contribution in [0.5, 0.6) is 0 Å². The Bertz CT molecular complexity index is 305. The normalized spacial score (nSPS) is 23.8. The predicted molar refractivity (Wildman–Crippen MR) is 79.8 cm³/mol. The minimum absolute atomic E-state index is 0.159. The molecule has 1 atom stereocenters. The molecule has 1 N–H and O–H groups in total. The fourth-order valence-electron chi connectivity index (χ4n) is 3.13. The lowest BCUT2D eigenvalue weighted by Crippen LogP contribution is -2.57. The van der Waals surface area contributed by atoms with Gasteiger partial charge in [-0.2, -0.15) is 0 Å². The minimum Gasteiger partial charge on any atom is -0.496 e. The van der Waals surface area contributed by atoms with Gasteiger partial charge in [0.25, 0.3) is 0 Å². The van der Waals surface area contributed by atoms with Crippen molar-refractivity contribution in [2.75, 3.05) is 33.0 Å². The van der Waals surface area contributed by atoms with Gasteiger partial charge in [0, 0.05) is 32.7 Å². The zero-order valence-electron chi connectivity index (χ0n) is 13.0. The Labute approximate surface area is 122 Å². The maximum Gasteiger partial charge on any atom is 0.112 e. The van der Waals surface area contributed by atoms with Gasteiger partial charge < -0.3 is 19.5 Å². The molecule has 0 aromatic carbocycles. The zero-order chi connectivity index (χ0) is 14.3. The van der Waals surface area contributed by atoms with Crippen LogP contribution >= 0.6 is 0 Å². The molecule has 2 rings (SSSR count). The predicted octanol–water partition coefficient (Wildman–Crippen LogP) is 2.63. The fraction of sp³-hybridized carbons (Fsp3) is 0.875. The number of nitrogens with one attached hydrogen (secondary N) is 1. The van der Waals surface area contributed by atoms with Gasteiger partial charge in [-0.3, -0.25) is 0 Å². The van der Waals surface area contributed by atoms with E-state index < -0.39 is 0 Å². The molecule has 4 heteroatoms. The topological polar surface area (TPSA) is 39.7 Å². The smallest absolute Gasteiger partial charge is 0.112 e. The van der Waals surface area contributed by atoms with Crippen molar-refractivity contribution >= 4 is 0 Å². The molecular weight excluding hydrogens is 254 g/mol. The molecule has 2 aliphatic rings. The van der Waals surface area contributed by atoms with Gasteiger partial charge >= 0.3 is 0 Å². The lowest BCUT2D eigenvalue weighted by atomic mass is 9.84. The molecule has 0 saturated carbocycles. The Balaban J connectivity index is 2.18. The van der Waals surface area contributed by atoms with E-state index in [0.29, 0.717) is 0 Å². The van der Waals surface area contributed by atoms with Crippen LogP contribution in [0.2, 0.25) is 0 Å². The van der Waals surface area contributed by atoms with E-state index in [1.54, 1.807) is 0 Å². The van der Waals surface area contributed by atoms with Crippen LogP contribution in [0.15, 0.2) is 11.8 Å². The highest BCUT2D eigenvalue weighted by atomic mass is 16.5. The summed E-state index contributed by atoms with van der Waals surface area (Å²) in [5.41, 5.74) is -0.175. The Morgan fingerprint density at radius 3 is 2.70 bits per heavy atom. The first-order chi connectivity index (χ1) is 9.82. The van der Waals surface area contributed by atoms with Crippen LogP contribution in [0.1, 0.15) is 46.0 Å².